The molecule has 1 aliphatic carbocycles. The summed E-state index contributed by atoms with van der Waals surface area (Å²) in [5.41, 5.74) is 7.87. The molecule has 2 rings (SSSR count). The fourth-order valence-corrected chi connectivity index (χ4v) is 3.22. The number of aryl methyl sites for hydroxylation is 1. The Kier molecular flexibility index (Phi) is 5.26. The van der Waals surface area contributed by atoms with Crippen molar-refractivity contribution < 1.29 is 4.74 Å². The molecule has 1 aliphatic rings. The van der Waals surface area contributed by atoms with E-state index < -0.39 is 0 Å². The van der Waals surface area contributed by atoms with Crippen LogP contribution < -0.4 is 5.73 Å². The van der Waals surface area contributed by atoms with Gasteiger partial charge in [-0.3, -0.25) is 0 Å². The quantitative estimate of drug-likeness (QED) is 0.641. The highest BCUT2D eigenvalue weighted by Gasteiger charge is 2.23. The Labute approximate surface area is 117 Å². The van der Waals surface area contributed by atoms with Gasteiger partial charge in [-0.15, -0.1) is 0 Å². The van der Waals surface area contributed by atoms with Gasteiger partial charge in [-0.1, -0.05) is 26.0 Å². The number of hydrogen-bond donors (Lipinski definition) is 1. The van der Waals surface area contributed by atoms with Gasteiger partial charge in [0.1, 0.15) is 0 Å². The highest BCUT2D eigenvalue weighted by molar-refractivity contribution is 5.39. The predicted molar refractivity (Wildman–Crippen MR) is 81.1 cm³/mol. The van der Waals surface area contributed by atoms with Crippen molar-refractivity contribution in [2.24, 2.45) is 11.8 Å². The first-order valence-electron chi connectivity index (χ1n) is 7.59. The maximum Gasteiger partial charge on any atom is 0.0580 e. The lowest BCUT2D eigenvalue weighted by Gasteiger charge is -2.31. The average molecular weight is 261 g/mol. The van der Waals surface area contributed by atoms with Crippen LogP contribution in [0.15, 0.2) is 24.3 Å². The van der Waals surface area contributed by atoms with Crippen LogP contribution in [0.3, 0.4) is 0 Å². The second-order valence-corrected chi connectivity index (χ2v) is 6.26. The topological polar surface area (TPSA) is 35.2 Å². The van der Waals surface area contributed by atoms with Gasteiger partial charge >= 0.3 is 0 Å². The molecule has 2 heteroatoms. The van der Waals surface area contributed by atoms with Crippen LogP contribution in [0.25, 0.3) is 0 Å². The molecular weight excluding hydrogens is 234 g/mol. The van der Waals surface area contributed by atoms with Crippen LogP contribution in [0.2, 0.25) is 0 Å². The zero-order chi connectivity index (χ0) is 13.7. The van der Waals surface area contributed by atoms with Gasteiger partial charge < -0.3 is 10.5 Å². The minimum absolute atomic E-state index is 0.491. The van der Waals surface area contributed by atoms with Crippen molar-refractivity contribution in [2.45, 2.75) is 52.1 Å². The van der Waals surface area contributed by atoms with Gasteiger partial charge in [0, 0.05) is 12.3 Å². The maximum atomic E-state index is 6.04. The van der Waals surface area contributed by atoms with Gasteiger partial charge in [-0.2, -0.15) is 0 Å². The Morgan fingerprint density at radius 2 is 1.68 bits per heavy atom. The van der Waals surface area contributed by atoms with E-state index in [4.69, 9.17) is 10.5 Å². The molecular formula is C17H27NO. The maximum absolute atomic E-state index is 6.04. The molecule has 2 nitrogen and oxygen atoms in total. The van der Waals surface area contributed by atoms with Crippen molar-refractivity contribution >= 4 is 5.69 Å². The molecule has 0 radical (unpaired) electrons. The van der Waals surface area contributed by atoms with E-state index in [0.29, 0.717) is 6.10 Å². The second-order valence-electron chi connectivity index (χ2n) is 6.26. The summed E-state index contributed by atoms with van der Waals surface area (Å²) in [4.78, 5) is 0. The monoisotopic (exact) mass is 261 g/mol. The molecule has 0 aliphatic heterocycles. The minimum Gasteiger partial charge on any atom is -0.399 e. The third kappa shape index (κ3) is 4.87. The van der Waals surface area contributed by atoms with Gasteiger partial charge in [0.15, 0.2) is 0 Å². The predicted octanol–water partition coefficient (Wildman–Crippen LogP) is 4.04. The Morgan fingerprint density at radius 3 is 2.32 bits per heavy atom. The number of anilines is 1. The lowest BCUT2D eigenvalue weighted by atomic mass is 9.82. The van der Waals surface area contributed by atoms with E-state index in [9.17, 15) is 0 Å². The van der Waals surface area contributed by atoms with E-state index in [0.717, 1.165) is 37.0 Å². The van der Waals surface area contributed by atoms with Crippen molar-refractivity contribution in [3.05, 3.63) is 29.8 Å². The second kappa shape index (κ2) is 6.95. The zero-order valence-electron chi connectivity index (χ0n) is 12.3. The number of hydrogen-bond acceptors (Lipinski definition) is 2. The summed E-state index contributed by atoms with van der Waals surface area (Å²) in [5.74, 6) is 1.65. The lowest BCUT2D eigenvalue weighted by Crippen LogP contribution is -2.26. The molecule has 0 amide bonds. The zero-order valence-corrected chi connectivity index (χ0v) is 12.3. The number of benzene rings is 1. The van der Waals surface area contributed by atoms with Crippen LogP contribution in [0, 0.1) is 11.8 Å². The highest BCUT2D eigenvalue weighted by Crippen LogP contribution is 2.30. The first kappa shape index (κ1) is 14.4. The van der Waals surface area contributed by atoms with Gasteiger partial charge in [0.25, 0.3) is 0 Å². The van der Waals surface area contributed by atoms with E-state index in [1.165, 1.54) is 24.8 Å². The third-order valence-corrected chi connectivity index (χ3v) is 4.08. The lowest BCUT2D eigenvalue weighted by molar-refractivity contribution is 0.000148. The molecule has 1 saturated carbocycles. The molecule has 2 N–H and O–H groups in total. The van der Waals surface area contributed by atoms with E-state index in [1.54, 1.807) is 0 Å². The largest absolute Gasteiger partial charge is 0.399 e. The van der Waals surface area contributed by atoms with Gasteiger partial charge in [0.05, 0.1) is 6.10 Å². The Hall–Kier alpha value is -1.02. The smallest absolute Gasteiger partial charge is 0.0580 e. The minimum atomic E-state index is 0.491. The molecule has 1 fully saturated rings. The summed E-state index contributed by atoms with van der Waals surface area (Å²) in [7, 11) is 0. The van der Waals surface area contributed by atoms with Gasteiger partial charge in [0.2, 0.25) is 0 Å². The Morgan fingerprint density at radius 1 is 1.05 bits per heavy atom. The summed E-state index contributed by atoms with van der Waals surface area (Å²) in [6.07, 6.45) is 6.52. The molecule has 0 heterocycles. The number of nitrogen functional groups attached to an aromatic ring is 1. The van der Waals surface area contributed by atoms with Crippen molar-refractivity contribution in [2.75, 3.05) is 12.3 Å². The normalized spacial score (nSPS) is 27.4. The molecule has 2 unspecified atom stereocenters. The van der Waals surface area contributed by atoms with Crippen LogP contribution in [0.5, 0.6) is 0 Å². The molecule has 0 saturated heterocycles. The highest BCUT2D eigenvalue weighted by atomic mass is 16.5. The molecule has 1 aromatic rings. The first-order chi connectivity index (χ1) is 9.13. The fraction of sp³-hybridized carbons (Fsp3) is 0.647. The van der Waals surface area contributed by atoms with E-state index in [-0.39, 0.29) is 0 Å². The molecule has 0 bridgehead atoms. The summed E-state index contributed by atoms with van der Waals surface area (Å²) < 4.78 is 6.04. The van der Waals surface area contributed by atoms with Gasteiger partial charge in [-0.25, -0.2) is 0 Å². The average Bonchev–Trinajstić information content (AvgIpc) is 2.36. The standard InChI is InChI=1S/C17H27NO/c1-13-10-14(2)12-17(11-13)19-9-3-4-15-5-7-16(18)8-6-15/h5-8,13-14,17H,3-4,9-12,18H2,1-2H3. The van der Waals surface area contributed by atoms with Crippen LogP contribution >= 0.6 is 0 Å². The van der Waals surface area contributed by atoms with Crippen molar-refractivity contribution in [3.63, 3.8) is 0 Å². The summed E-state index contributed by atoms with van der Waals surface area (Å²) in [5, 5.41) is 0. The first-order valence-corrected chi connectivity index (χ1v) is 7.59. The number of rotatable bonds is 5. The van der Waals surface area contributed by atoms with E-state index >= 15 is 0 Å². The van der Waals surface area contributed by atoms with Crippen molar-refractivity contribution in [3.8, 4) is 0 Å². The number of nitrogens with two attached hydrogens (primary N) is 1. The molecule has 1 aromatic carbocycles. The molecule has 19 heavy (non-hydrogen) atoms. The van der Waals surface area contributed by atoms with Crippen LogP contribution in [0.1, 0.15) is 45.1 Å². The van der Waals surface area contributed by atoms with Crippen molar-refractivity contribution in [1.29, 1.82) is 0 Å². The third-order valence-electron chi connectivity index (χ3n) is 4.08. The summed E-state index contributed by atoms with van der Waals surface area (Å²) in [6.45, 7) is 5.58. The van der Waals surface area contributed by atoms with Crippen LogP contribution in [-0.4, -0.2) is 12.7 Å². The fourth-order valence-electron chi connectivity index (χ4n) is 3.22. The van der Waals surface area contributed by atoms with E-state index in [1.807, 2.05) is 12.1 Å². The van der Waals surface area contributed by atoms with E-state index in [2.05, 4.69) is 26.0 Å². The van der Waals surface area contributed by atoms with Gasteiger partial charge in [-0.05, 0) is 61.6 Å². The Balaban J connectivity index is 1.65. The van der Waals surface area contributed by atoms with Crippen LogP contribution in [0.4, 0.5) is 5.69 Å². The summed E-state index contributed by atoms with van der Waals surface area (Å²) >= 11 is 0. The summed E-state index contributed by atoms with van der Waals surface area (Å²) in [6, 6.07) is 8.17. The number of ether oxygens (including phenoxy) is 1. The SMILES string of the molecule is CC1CC(C)CC(OCCCc2ccc(N)cc2)C1. The van der Waals surface area contributed by atoms with Crippen molar-refractivity contribution in [1.82, 2.24) is 0 Å². The molecule has 2 atom stereocenters. The molecule has 0 spiro atoms. The molecule has 106 valence electrons. The Bertz CT molecular complexity index is 363. The van der Waals surface area contributed by atoms with Crippen LogP contribution in [-0.2, 0) is 11.2 Å². The molecule has 0 aromatic heterocycles.